The Kier molecular flexibility index (Phi) is 3.44. The molecule has 2 aliphatic heterocycles. The standard InChI is InChI=1S/C14H17N5O6/c1-14(2)24-8-7(6(20)13(21)22)23-12(9(8)25-14)19-4-18-5-10(15)16-3-17-11(5)19/h3-4,6-9,12,20H,1-2H3,(H,21,22)(H2,15,16,17)/t6-,7+,8+,9+,12+/m0/s1. The first kappa shape index (κ1) is 16.1. The average Bonchev–Trinajstić information content (AvgIpc) is 3.17. The molecule has 11 heteroatoms. The largest absolute Gasteiger partial charge is 0.479 e. The summed E-state index contributed by atoms with van der Waals surface area (Å²) in [6.07, 6.45) is -2.31. The molecule has 0 bridgehead atoms. The van der Waals surface area contributed by atoms with Gasteiger partial charge in [-0.3, -0.25) is 4.57 Å². The van der Waals surface area contributed by atoms with E-state index in [4.69, 9.17) is 25.1 Å². The minimum atomic E-state index is -1.76. The lowest BCUT2D eigenvalue weighted by Gasteiger charge is -2.25. The molecule has 0 aromatic carbocycles. The second-order valence-corrected chi connectivity index (χ2v) is 6.42. The second-order valence-electron chi connectivity index (χ2n) is 6.42. The summed E-state index contributed by atoms with van der Waals surface area (Å²) in [4.78, 5) is 23.4. The molecule has 2 aromatic heterocycles. The van der Waals surface area contributed by atoms with Crippen molar-refractivity contribution in [3.05, 3.63) is 12.7 Å². The number of fused-ring (bicyclic) bond motifs is 2. The van der Waals surface area contributed by atoms with E-state index in [2.05, 4.69) is 15.0 Å². The van der Waals surface area contributed by atoms with E-state index in [1.165, 1.54) is 12.7 Å². The molecule has 25 heavy (non-hydrogen) atoms. The van der Waals surface area contributed by atoms with Crippen molar-refractivity contribution < 1.29 is 29.2 Å². The molecule has 0 amide bonds. The summed E-state index contributed by atoms with van der Waals surface area (Å²) in [7, 11) is 0. The second kappa shape index (κ2) is 5.33. The quantitative estimate of drug-likeness (QED) is 0.644. The van der Waals surface area contributed by atoms with Crippen LogP contribution in [0.4, 0.5) is 5.82 Å². The van der Waals surface area contributed by atoms with E-state index in [0.717, 1.165) is 0 Å². The molecule has 0 saturated carbocycles. The third-order valence-electron chi connectivity index (χ3n) is 4.29. The first-order chi connectivity index (χ1) is 11.8. The van der Waals surface area contributed by atoms with E-state index >= 15 is 0 Å². The molecular weight excluding hydrogens is 334 g/mol. The van der Waals surface area contributed by atoms with Crippen molar-refractivity contribution in [2.45, 2.75) is 50.3 Å². The fourth-order valence-corrected chi connectivity index (χ4v) is 3.28. The molecule has 2 saturated heterocycles. The molecule has 11 nitrogen and oxygen atoms in total. The van der Waals surface area contributed by atoms with Crippen molar-refractivity contribution in [1.29, 1.82) is 0 Å². The Labute approximate surface area is 141 Å². The van der Waals surface area contributed by atoms with Gasteiger partial charge < -0.3 is 30.2 Å². The van der Waals surface area contributed by atoms with E-state index in [0.29, 0.717) is 11.2 Å². The predicted molar refractivity (Wildman–Crippen MR) is 81.1 cm³/mol. The van der Waals surface area contributed by atoms with Crippen LogP contribution >= 0.6 is 0 Å². The number of carbonyl (C=O) groups is 1. The van der Waals surface area contributed by atoms with Crippen LogP contribution in [-0.2, 0) is 19.0 Å². The van der Waals surface area contributed by atoms with Crippen molar-refractivity contribution in [1.82, 2.24) is 19.5 Å². The Hall–Kier alpha value is -2.34. The van der Waals surface area contributed by atoms with Crippen molar-refractivity contribution in [2.24, 2.45) is 0 Å². The first-order valence-corrected chi connectivity index (χ1v) is 7.63. The number of aliphatic hydroxyl groups is 1. The first-order valence-electron chi connectivity index (χ1n) is 7.63. The molecule has 0 spiro atoms. The number of carboxylic acids is 1. The molecule has 2 fully saturated rings. The highest BCUT2D eigenvalue weighted by atomic mass is 16.8. The van der Waals surface area contributed by atoms with Crippen LogP contribution in [-0.4, -0.2) is 65.9 Å². The number of anilines is 1. The number of imidazole rings is 1. The van der Waals surface area contributed by atoms with Crippen LogP contribution in [0.2, 0.25) is 0 Å². The van der Waals surface area contributed by atoms with Gasteiger partial charge >= 0.3 is 5.97 Å². The number of nitrogen functional groups attached to an aromatic ring is 1. The maximum atomic E-state index is 11.2. The minimum Gasteiger partial charge on any atom is -0.479 e. The lowest BCUT2D eigenvalue weighted by molar-refractivity contribution is -0.210. The Bertz CT molecular complexity index is 838. The summed E-state index contributed by atoms with van der Waals surface area (Å²) in [5.74, 6) is -2.14. The van der Waals surface area contributed by atoms with E-state index < -0.39 is 42.4 Å². The van der Waals surface area contributed by atoms with Gasteiger partial charge in [-0.2, -0.15) is 0 Å². The van der Waals surface area contributed by atoms with Crippen LogP contribution in [0.3, 0.4) is 0 Å². The van der Waals surface area contributed by atoms with E-state index in [9.17, 15) is 9.90 Å². The molecule has 4 N–H and O–H groups in total. The van der Waals surface area contributed by atoms with Gasteiger partial charge in [0.1, 0.15) is 30.2 Å². The molecule has 4 rings (SSSR count). The molecule has 2 aliphatic rings. The van der Waals surface area contributed by atoms with Gasteiger partial charge in [0.25, 0.3) is 0 Å². The van der Waals surface area contributed by atoms with Crippen molar-refractivity contribution in [2.75, 3.05) is 5.73 Å². The Morgan fingerprint density at radius 3 is 2.76 bits per heavy atom. The number of aromatic nitrogens is 4. The van der Waals surface area contributed by atoms with Crippen LogP contribution in [0.5, 0.6) is 0 Å². The Morgan fingerprint density at radius 1 is 1.32 bits per heavy atom. The van der Waals surface area contributed by atoms with Gasteiger partial charge in [-0.15, -0.1) is 0 Å². The van der Waals surface area contributed by atoms with Crippen molar-refractivity contribution in [3.8, 4) is 0 Å². The van der Waals surface area contributed by atoms with Crippen LogP contribution in [0.1, 0.15) is 20.1 Å². The highest BCUT2D eigenvalue weighted by Gasteiger charge is 2.59. The zero-order valence-corrected chi connectivity index (χ0v) is 13.4. The monoisotopic (exact) mass is 351 g/mol. The van der Waals surface area contributed by atoms with Gasteiger partial charge in [0, 0.05) is 0 Å². The number of nitrogens with zero attached hydrogens (tertiary/aromatic N) is 4. The predicted octanol–water partition coefficient (Wildman–Crippen LogP) is -0.728. The molecule has 4 heterocycles. The number of nitrogens with two attached hydrogens (primary N) is 1. The zero-order valence-electron chi connectivity index (χ0n) is 13.4. The molecule has 134 valence electrons. The topological polar surface area (TPSA) is 155 Å². The van der Waals surface area contributed by atoms with Gasteiger partial charge in [0.2, 0.25) is 0 Å². The summed E-state index contributed by atoms with van der Waals surface area (Å²) in [6, 6.07) is 0. The van der Waals surface area contributed by atoms with Gasteiger partial charge in [0.05, 0.1) is 6.33 Å². The fraction of sp³-hybridized carbons (Fsp3) is 0.571. The maximum Gasteiger partial charge on any atom is 0.335 e. The van der Waals surface area contributed by atoms with E-state index in [1.807, 2.05) is 0 Å². The number of hydrogen-bond donors (Lipinski definition) is 3. The lowest BCUT2D eigenvalue weighted by atomic mass is 10.1. The lowest BCUT2D eigenvalue weighted by Crippen LogP contribution is -2.42. The van der Waals surface area contributed by atoms with Crippen LogP contribution in [0.25, 0.3) is 11.2 Å². The SMILES string of the molecule is CC1(C)O[C@H]2[C@@H](O1)[C@H](n1cnc3c(N)ncnc31)O[C@@H]2[C@H](O)C(=O)O. The minimum absolute atomic E-state index is 0.212. The number of ether oxygens (including phenoxy) is 3. The Balaban J connectivity index is 1.76. The zero-order chi connectivity index (χ0) is 17.9. The smallest absolute Gasteiger partial charge is 0.335 e. The average molecular weight is 351 g/mol. The summed E-state index contributed by atoms with van der Waals surface area (Å²) in [6.45, 7) is 3.41. The van der Waals surface area contributed by atoms with Gasteiger partial charge in [-0.05, 0) is 13.8 Å². The third kappa shape index (κ3) is 2.43. The highest BCUT2D eigenvalue weighted by molar-refractivity contribution is 5.81. The normalized spacial score (nSPS) is 32.0. The fourth-order valence-electron chi connectivity index (χ4n) is 3.28. The summed E-state index contributed by atoms with van der Waals surface area (Å²) in [5, 5.41) is 19.1. The van der Waals surface area contributed by atoms with Crippen molar-refractivity contribution in [3.63, 3.8) is 0 Å². The van der Waals surface area contributed by atoms with Crippen molar-refractivity contribution >= 4 is 23.0 Å². The summed E-state index contributed by atoms with van der Waals surface area (Å²) in [5.41, 5.74) is 6.60. The van der Waals surface area contributed by atoms with Gasteiger partial charge in [-0.25, -0.2) is 19.7 Å². The van der Waals surface area contributed by atoms with E-state index in [-0.39, 0.29) is 5.82 Å². The van der Waals surface area contributed by atoms with Crippen LogP contribution in [0.15, 0.2) is 12.7 Å². The number of carboxylic acid groups (broad SMARTS) is 1. The number of aliphatic carboxylic acids is 1. The van der Waals surface area contributed by atoms with E-state index in [1.54, 1.807) is 18.4 Å². The number of rotatable bonds is 3. The molecule has 0 radical (unpaired) electrons. The summed E-state index contributed by atoms with van der Waals surface area (Å²) >= 11 is 0. The molecule has 2 aromatic rings. The number of aliphatic hydroxyl groups excluding tert-OH is 1. The highest BCUT2D eigenvalue weighted by Crippen LogP contribution is 2.44. The van der Waals surface area contributed by atoms with Crippen LogP contribution < -0.4 is 5.73 Å². The summed E-state index contributed by atoms with van der Waals surface area (Å²) < 4.78 is 19.0. The third-order valence-corrected chi connectivity index (χ3v) is 4.29. The van der Waals surface area contributed by atoms with Gasteiger partial charge in [-0.1, -0.05) is 0 Å². The van der Waals surface area contributed by atoms with Gasteiger partial charge in [0.15, 0.2) is 29.6 Å². The Morgan fingerprint density at radius 2 is 2.04 bits per heavy atom. The van der Waals surface area contributed by atoms with Crippen LogP contribution in [0, 0.1) is 0 Å². The molecule has 5 atom stereocenters. The molecular formula is C14H17N5O6. The molecule has 0 aliphatic carbocycles. The molecule has 0 unspecified atom stereocenters. The maximum absolute atomic E-state index is 11.2. The number of hydrogen-bond acceptors (Lipinski definition) is 9.